The fourth-order valence-electron chi connectivity index (χ4n) is 2.62. The first kappa shape index (κ1) is 18.5. The summed E-state index contributed by atoms with van der Waals surface area (Å²) in [7, 11) is 1.30. The van der Waals surface area contributed by atoms with Crippen LogP contribution in [0.15, 0.2) is 29.7 Å². The van der Waals surface area contributed by atoms with E-state index in [1.54, 1.807) is 6.07 Å². The van der Waals surface area contributed by atoms with Crippen LogP contribution < -0.4 is 4.90 Å². The number of halogens is 2. The predicted molar refractivity (Wildman–Crippen MR) is 86.3 cm³/mol. The molecule has 1 aromatic heterocycles. The van der Waals surface area contributed by atoms with Crippen LogP contribution in [0.25, 0.3) is 5.57 Å². The molecule has 0 aromatic carbocycles. The molecule has 6 nitrogen and oxygen atoms in total. The summed E-state index contributed by atoms with van der Waals surface area (Å²) in [6, 6.07) is 2.82. The number of pyridine rings is 1. The fourth-order valence-corrected chi connectivity index (χ4v) is 2.62. The second-order valence-corrected chi connectivity index (χ2v) is 5.68. The zero-order valence-electron chi connectivity index (χ0n) is 14.2. The average Bonchev–Trinajstić information content (AvgIpc) is 2.75. The van der Waals surface area contributed by atoms with Crippen LogP contribution >= 0.6 is 0 Å². The van der Waals surface area contributed by atoms with Crippen LogP contribution in [0.1, 0.15) is 31.9 Å². The Kier molecular flexibility index (Phi) is 4.90. The van der Waals surface area contributed by atoms with Gasteiger partial charge in [-0.3, -0.25) is 9.69 Å². The number of aromatic nitrogens is 1. The number of aliphatic hydroxyl groups is 1. The van der Waals surface area contributed by atoms with Crippen LogP contribution in [0, 0.1) is 11.3 Å². The third-order valence-electron chi connectivity index (χ3n) is 3.92. The molecule has 1 atom stereocenters. The highest BCUT2D eigenvalue weighted by Crippen LogP contribution is 2.37. The van der Waals surface area contributed by atoms with Crippen molar-refractivity contribution < 1.29 is 23.4 Å². The minimum Gasteiger partial charge on any atom is -0.496 e. The maximum atomic E-state index is 14.1. The number of hydrogen-bond acceptors (Lipinski definition) is 5. The molecule has 0 bridgehead atoms. The third-order valence-corrected chi connectivity index (χ3v) is 3.92. The molecule has 0 saturated heterocycles. The molecule has 0 saturated carbocycles. The Bertz CT molecular complexity index is 819. The van der Waals surface area contributed by atoms with Gasteiger partial charge < -0.3 is 9.84 Å². The number of alkyl halides is 2. The second kappa shape index (κ2) is 6.61. The Balaban J connectivity index is 2.58. The van der Waals surface area contributed by atoms with Crippen LogP contribution in [0.5, 0.6) is 0 Å². The number of rotatable bonds is 4. The Morgan fingerprint density at radius 1 is 1.56 bits per heavy atom. The van der Waals surface area contributed by atoms with Crippen molar-refractivity contribution in [2.75, 3.05) is 12.0 Å². The molecule has 1 amide bonds. The second-order valence-electron chi connectivity index (χ2n) is 5.68. The van der Waals surface area contributed by atoms with Crippen LogP contribution in [0.3, 0.4) is 0 Å². The van der Waals surface area contributed by atoms with E-state index in [9.17, 15) is 18.7 Å². The number of aliphatic hydroxyl groups excluding tert-OH is 1. The van der Waals surface area contributed by atoms with Crippen molar-refractivity contribution in [1.29, 1.82) is 5.26 Å². The van der Waals surface area contributed by atoms with E-state index in [1.165, 1.54) is 21.0 Å². The number of amides is 1. The van der Waals surface area contributed by atoms with Crippen molar-refractivity contribution in [1.82, 2.24) is 4.98 Å². The first-order valence-corrected chi connectivity index (χ1v) is 7.35. The Morgan fingerprint density at radius 2 is 2.20 bits per heavy atom. The summed E-state index contributed by atoms with van der Waals surface area (Å²) >= 11 is 0. The smallest absolute Gasteiger partial charge is 0.271 e. The lowest BCUT2D eigenvalue weighted by atomic mass is 9.99. The monoisotopic (exact) mass is 349 g/mol. The van der Waals surface area contributed by atoms with Crippen LogP contribution in [0.2, 0.25) is 0 Å². The first-order chi connectivity index (χ1) is 11.6. The Morgan fingerprint density at radius 3 is 2.68 bits per heavy atom. The van der Waals surface area contributed by atoms with Gasteiger partial charge in [0.1, 0.15) is 5.82 Å². The molecule has 0 fully saturated rings. The molecule has 25 heavy (non-hydrogen) atoms. The van der Waals surface area contributed by atoms with Gasteiger partial charge in [-0.25, -0.2) is 13.8 Å². The summed E-state index contributed by atoms with van der Waals surface area (Å²) in [5.41, 5.74) is 0.185. The molecule has 0 spiro atoms. The van der Waals surface area contributed by atoms with Crippen molar-refractivity contribution in [3.8, 4) is 6.07 Å². The van der Waals surface area contributed by atoms with E-state index in [0.29, 0.717) is 12.5 Å². The number of carbonyl (C=O) groups is 1. The molecule has 1 aliphatic rings. The van der Waals surface area contributed by atoms with E-state index in [-0.39, 0.29) is 22.7 Å². The molecule has 8 heteroatoms. The number of methoxy groups -OCH3 is 1. The molecule has 1 unspecified atom stereocenters. The number of carbonyl (C=O) groups excluding carboxylic acids is 1. The fraction of sp³-hybridized carbons (Fsp3) is 0.353. The van der Waals surface area contributed by atoms with Crippen molar-refractivity contribution in [2.24, 2.45) is 0 Å². The molecule has 1 aliphatic heterocycles. The average molecular weight is 349 g/mol. The number of nitrogens with zero attached hydrogens (tertiary/aromatic N) is 3. The van der Waals surface area contributed by atoms with Gasteiger partial charge in [-0.1, -0.05) is 0 Å². The summed E-state index contributed by atoms with van der Waals surface area (Å²) in [5, 5.41) is 19.0. The lowest BCUT2D eigenvalue weighted by molar-refractivity contribution is -0.115. The molecule has 132 valence electrons. The van der Waals surface area contributed by atoms with Crippen LogP contribution in [0.4, 0.5) is 14.6 Å². The van der Waals surface area contributed by atoms with Crippen molar-refractivity contribution in [2.45, 2.75) is 32.9 Å². The van der Waals surface area contributed by atoms with Crippen LogP contribution in [-0.4, -0.2) is 29.3 Å². The molecule has 2 rings (SSSR count). The van der Waals surface area contributed by atoms with Gasteiger partial charge in [0.2, 0.25) is 0 Å². The summed E-state index contributed by atoms with van der Waals surface area (Å²) < 4.78 is 33.1. The SMILES string of the molecule is COC1=C(C)C(=O)N(c2cc(C(C)(F)F)c(/C(C)=C/C#N)cn2)C1O. The largest absolute Gasteiger partial charge is 0.496 e. The van der Waals surface area contributed by atoms with Gasteiger partial charge in [-0.15, -0.1) is 0 Å². The van der Waals surface area contributed by atoms with E-state index in [2.05, 4.69) is 4.98 Å². The van der Waals surface area contributed by atoms with Gasteiger partial charge in [0.25, 0.3) is 11.8 Å². The molecular weight excluding hydrogens is 332 g/mol. The molecule has 0 radical (unpaired) electrons. The van der Waals surface area contributed by atoms with E-state index in [4.69, 9.17) is 10.00 Å². The number of ether oxygens (including phenoxy) is 1. The molecule has 1 aromatic rings. The van der Waals surface area contributed by atoms with Crippen molar-refractivity contribution >= 4 is 17.3 Å². The van der Waals surface area contributed by atoms with E-state index >= 15 is 0 Å². The summed E-state index contributed by atoms with van der Waals surface area (Å²) in [6.07, 6.45) is 0.854. The van der Waals surface area contributed by atoms with Gasteiger partial charge in [0, 0.05) is 30.3 Å². The van der Waals surface area contributed by atoms with E-state index < -0.39 is 23.6 Å². The lowest BCUT2D eigenvalue weighted by Crippen LogP contribution is -2.36. The van der Waals surface area contributed by atoms with Gasteiger partial charge in [-0.2, -0.15) is 5.26 Å². The van der Waals surface area contributed by atoms with Gasteiger partial charge >= 0.3 is 0 Å². The normalized spacial score (nSPS) is 18.6. The highest BCUT2D eigenvalue weighted by atomic mass is 19.3. The van der Waals surface area contributed by atoms with Crippen molar-refractivity contribution in [3.05, 3.63) is 40.8 Å². The third kappa shape index (κ3) is 3.23. The molecule has 2 heterocycles. The van der Waals surface area contributed by atoms with Gasteiger partial charge in [-0.05, 0) is 25.5 Å². The predicted octanol–water partition coefficient (Wildman–Crippen LogP) is 2.71. The Labute approximate surface area is 143 Å². The standard InChI is InChI=1S/C17H17F2N3O3/c1-9(5-6-20)11-8-21-13(7-12(11)17(3,18)19)22-15(23)10(2)14(25-4)16(22)24/h5,7-8,16,24H,1-4H3/b9-5+. The number of nitriles is 1. The highest BCUT2D eigenvalue weighted by molar-refractivity contribution is 6.08. The summed E-state index contributed by atoms with van der Waals surface area (Å²) in [4.78, 5) is 17.2. The summed E-state index contributed by atoms with van der Waals surface area (Å²) in [6.45, 7) is 3.69. The van der Waals surface area contributed by atoms with Crippen molar-refractivity contribution in [3.63, 3.8) is 0 Å². The quantitative estimate of drug-likeness (QED) is 0.845. The van der Waals surface area contributed by atoms with Gasteiger partial charge in [0.15, 0.2) is 12.0 Å². The highest BCUT2D eigenvalue weighted by Gasteiger charge is 2.40. The zero-order chi connectivity index (χ0) is 18.9. The van der Waals surface area contributed by atoms with Crippen LogP contribution in [-0.2, 0) is 15.5 Å². The number of hydrogen-bond donors (Lipinski definition) is 1. The zero-order valence-corrected chi connectivity index (χ0v) is 14.2. The minimum atomic E-state index is -3.24. The minimum absolute atomic E-state index is 0.0428. The van der Waals surface area contributed by atoms with E-state index in [1.807, 2.05) is 0 Å². The maximum absolute atomic E-state index is 14.1. The number of anilines is 1. The summed E-state index contributed by atoms with van der Waals surface area (Å²) in [5.74, 6) is -3.91. The maximum Gasteiger partial charge on any atom is 0.271 e. The van der Waals surface area contributed by atoms with Gasteiger partial charge in [0.05, 0.1) is 18.8 Å². The Hall–Kier alpha value is -2.79. The molecule has 1 N–H and O–H groups in total. The lowest BCUT2D eigenvalue weighted by Gasteiger charge is -2.23. The molecular formula is C17H17F2N3O3. The molecule has 0 aliphatic carbocycles. The number of allylic oxidation sites excluding steroid dienone is 2. The van der Waals surface area contributed by atoms with E-state index in [0.717, 1.165) is 23.2 Å². The first-order valence-electron chi connectivity index (χ1n) is 7.35. The topological polar surface area (TPSA) is 86.5 Å².